The maximum absolute atomic E-state index is 12.7. The zero-order valence-corrected chi connectivity index (χ0v) is 15.7. The fraction of sp³-hybridized carbons (Fsp3) is 0.619. The van der Waals surface area contributed by atoms with E-state index in [0.29, 0.717) is 17.9 Å². The summed E-state index contributed by atoms with van der Waals surface area (Å²) < 4.78 is 0. The smallest absolute Gasteiger partial charge is 0.251 e. The number of hydrogen-bond donors (Lipinski definition) is 1. The zero-order chi connectivity index (χ0) is 18.0. The molecule has 0 unspecified atom stereocenters. The van der Waals surface area contributed by atoms with Crippen LogP contribution in [0.15, 0.2) is 24.3 Å². The van der Waals surface area contributed by atoms with E-state index in [1.807, 2.05) is 24.3 Å². The Balaban J connectivity index is 1.67. The summed E-state index contributed by atoms with van der Waals surface area (Å²) in [6.07, 6.45) is 6.23. The summed E-state index contributed by atoms with van der Waals surface area (Å²) in [4.78, 5) is 26.3. The Bertz CT molecular complexity index is 630. The number of rotatable bonds is 3. The Kier molecular flexibility index (Phi) is 5.16. The van der Waals surface area contributed by atoms with E-state index in [1.165, 1.54) is 19.3 Å². The number of benzene rings is 1. The molecule has 4 nitrogen and oxygen atoms in total. The molecule has 2 amide bonds. The molecule has 1 aromatic carbocycles. The Morgan fingerprint density at radius 3 is 2.36 bits per heavy atom. The van der Waals surface area contributed by atoms with Crippen molar-refractivity contribution in [1.82, 2.24) is 5.32 Å². The number of carbonyl (C=O) groups is 2. The van der Waals surface area contributed by atoms with Crippen molar-refractivity contribution in [3.8, 4) is 0 Å². The molecule has 1 saturated heterocycles. The third-order valence-electron chi connectivity index (χ3n) is 5.71. The second kappa shape index (κ2) is 7.19. The van der Waals surface area contributed by atoms with E-state index in [1.54, 1.807) is 4.90 Å². The largest absolute Gasteiger partial charge is 0.349 e. The minimum atomic E-state index is 0.000415. The minimum Gasteiger partial charge on any atom is -0.349 e. The van der Waals surface area contributed by atoms with Gasteiger partial charge in [-0.05, 0) is 54.9 Å². The number of nitrogens with one attached hydrogen (secondary N) is 1. The fourth-order valence-electron chi connectivity index (χ4n) is 4.31. The van der Waals surface area contributed by atoms with Gasteiger partial charge in [0.05, 0.1) is 0 Å². The molecule has 1 aliphatic heterocycles. The summed E-state index contributed by atoms with van der Waals surface area (Å²) in [6.45, 7) is 7.58. The molecule has 2 atom stereocenters. The SMILES string of the molecule is CC(C)(C)[C@@H]1CCCC[C@H]1NC(=O)c1ccc(N2CCCC2=O)cc1. The molecule has 1 aromatic rings. The van der Waals surface area contributed by atoms with Gasteiger partial charge in [-0.2, -0.15) is 0 Å². The molecule has 1 N–H and O–H groups in total. The van der Waals surface area contributed by atoms with Gasteiger partial charge >= 0.3 is 0 Å². The monoisotopic (exact) mass is 342 g/mol. The molecule has 1 aliphatic carbocycles. The van der Waals surface area contributed by atoms with Crippen LogP contribution in [0.3, 0.4) is 0 Å². The van der Waals surface area contributed by atoms with Crippen molar-refractivity contribution >= 4 is 17.5 Å². The first-order valence-corrected chi connectivity index (χ1v) is 9.57. The molecule has 0 spiro atoms. The van der Waals surface area contributed by atoms with Crippen LogP contribution in [0.4, 0.5) is 5.69 Å². The zero-order valence-electron chi connectivity index (χ0n) is 15.7. The van der Waals surface area contributed by atoms with E-state index in [4.69, 9.17) is 0 Å². The van der Waals surface area contributed by atoms with Crippen molar-refractivity contribution in [1.29, 1.82) is 0 Å². The molecule has 1 saturated carbocycles. The van der Waals surface area contributed by atoms with Crippen LogP contribution >= 0.6 is 0 Å². The van der Waals surface area contributed by atoms with Gasteiger partial charge < -0.3 is 10.2 Å². The van der Waals surface area contributed by atoms with E-state index in [9.17, 15) is 9.59 Å². The first kappa shape index (κ1) is 18.0. The summed E-state index contributed by atoms with van der Waals surface area (Å²) >= 11 is 0. The summed E-state index contributed by atoms with van der Waals surface area (Å²) in [5.74, 6) is 0.694. The summed E-state index contributed by atoms with van der Waals surface area (Å²) in [5, 5.41) is 3.27. The van der Waals surface area contributed by atoms with Crippen molar-refractivity contribution in [3.63, 3.8) is 0 Å². The van der Waals surface area contributed by atoms with Crippen molar-refractivity contribution < 1.29 is 9.59 Å². The lowest BCUT2D eigenvalue weighted by atomic mass is 9.69. The molecule has 3 rings (SSSR count). The number of anilines is 1. The fourth-order valence-corrected chi connectivity index (χ4v) is 4.31. The third-order valence-corrected chi connectivity index (χ3v) is 5.71. The normalized spacial score (nSPS) is 24.4. The highest BCUT2D eigenvalue weighted by Crippen LogP contribution is 2.38. The minimum absolute atomic E-state index is 0.000415. The third kappa shape index (κ3) is 4.05. The van der Waals surface area contributed by atoms with Crippen LogP contribution in [-0.2, 0) is 4.79 Å². The van der Waals surface area contributed by atoms with Crippen LogP contribution in [0.2, 0.25) is 0 Å². The first-order valence-electron chi connectivity index (χ1n) is 9.57. The van der Waals surface area contributed by atoms with Crippen LogP contribution in [0, 0.1) is 11.3 Å². The Hall–Kier alpha value is -1.84. The topological polar surface area (TPSA) is 49.4 Å². The van der Waals surface area contributed by atoms with Gasteiger partial charge in [0.15, 0.2) is 0 Å². The van der Waals surface area contributed by atoms with Crippen LogP contribution in [-0.4, -0.2) is 24.4 Å². The van der Waals surface area contributed by atoms with Gasteiger partial charge in [-0.3, -0.25) is 9.59 Å². The van der Waals surface area contributed by atoms with Gasteiger partial charge in [-0.25, -0.2) is 0 Å². The summed E-state index contributed by atoms with van der Waals surface area (Å²) in [5.41, 5.74) is 1.77. The quantitative estimate of drug-likeness (QED) is 0.897. The van der Waals surface area contributed by atoms with E-state index in [2.05, 4.69) is 26.1 Å². The number of nitrogens with zero attached hydrogens (tertiary/aromatic N) is 1. The highest BCUT2D eigenvalue weighted by molar-refractivity contribution is 5.97. The lowest BCUT2D eigenvalue weighted by Gasteiger charge is -2.40. The second-order valence-electron chi connectivity index (χ2n) is 8.53. The average molecular weight is 342 g/mol. The standard InChI is InChI=1S/C21H30N2O2/c1-21(2,3)17-7-4-5-8-18(17)22-20(25)15-10-12-16(13-11-15)23-14-6-9-19(23)24/h10-13,17-18H,4-9,14H2,1-3H3,(H,22,25)/t17-,18-/m1/s1. The Morgan fingerprint density at radius 1 is 1.08 bits per heavy atom. The van der Waals surface area contributed by atoms with Gasteiger partial charge in [0.1, 0.15) is 0 Å². The molecule has 2 fully saturated rings. The van der Waals surface area contributed by atoms with Crippen molar-refractivity contribution in [2.45, 2.75) is 65.3 Å². The highest BCUT2D eigenvalue weighted by Gasteiger charge is 2.35. The molecule has 0 aromatic heterocycles. The van der Waals surface area contributed by atoms with E-state index in [0.717, 1.165) is 25.1 Å². The van der Waals surface area contributed by atoms with E-state index < -0.39 is 0 Å². The van der Waals surface area contributed by atoms with Crippen molar-refractivity contribution in [2.75, 3.05) is 11.4 Å². The molecule has 25 heavy (non-hydrogen) atoms. The predicted molar refractivity (Wildman–Crippen MR) is 101 cm³/mol. The van der Waals surface area contributed by atoms with Crippen molar-refractivity contribution in [3.05, 3.63) is 29.8 Å². The van der Waals surface area contributed by atoms with Gasteiger partial charge in [-0.1, -0.05) is 33.6 Å². The van der Waals surface area contributed by atoms with Crippen LogP contribution in [0.25, 0.3) is 0 Å². The molecule has 4 heteroatoms. The predicted octanol–water partition coefficient (Wildman–Crippen LogP) is 4.15. The Morgan fingerprint density at radius 2 is 1.76 bits per heavy atom. The Labute approximate surface area is 151 Å². The van der Waals surface area contributed by atoms with E-state index >= 15 is 0 Å². The number of amides is 2. The molecular weight excluding hydrogens is 312 g/mol. The lowest BCUT2D eigenvalue weighted by Crippen LogP contribution is -2.46. The molecule has 0 bridgehead atoms. The van der Waals surface area contributed by atoms with Crippen LogP contribution in [0.1, 0.15) is 69.7 Å². The summed E-state index contributed by atoms with van der Waals surface area (Å²) in [7, 11) is 0. The van der Waals surface area contributed by atoms with E-state index in [-0.39, 0.29) is 23.3 Å². The maximum atomic E-state index is 12.7. The number of carbonyl (C=O) groups excluding carboxylic acids is 2. The van der Waals surface area contributed by atoms with Gasteiger partial charge in [-0.15, -0.1) is 0 Å². The summed E-state index contributed by atoms with van der Waals surface area (Å²) in [6, 6.07) is 7.71. The number of hydrogen-bond acceptors (Lipinski definition) is 2. The average Bonchev–Trinajstić information content (AvgIpc) is 3.00. The first-order chi connectivity index (χ1) is 11.9. The molecule has 0 radical (unpaired) electrons. The molecular formula is C21H30N2O2. The second-order valence-corrected chi connectivity index (χ2v) is 8.53. The maximum Gasteiger partial charge on any atom is 0.251 e. The highest BCUT2D eigenvalue weighted by atomic mass is 16.2. The lowest BCUT2D eigenvalue weighted by molar-refractivity contribution is -0.117. The van der Waals surface area contributed by atoms with Crippen LogP contribution in [0.5, 0.6) is 0 Å². The van der Waals surface area contributed by atoms with Crippen molar-refractivity contribution in [2.24, 2.45) is 11.3 Å². The molecule has 1 heterocycles. The van der Waals surface area contributed by atoms with Gasteiger partial charge in [0, 0.05) is 30.3 Å². The molecule has 136 valence electrons. The molecule has 2 aliphatic rings. The van der Waals surface area contributed by atoms with Gasteiger partial charge in [0.2, 0.25) is 5.91 Å². The van der Waals surface area contributed by atoms with Gasteiger partial charge in [0.25, 0.3) is 5.91 Å². The van der Waals surface area contributed by atoms with Crippen LogP contribution < -0.4 is 10.2 Å².